The second-order valence-electron chi connectivity index (χ2n) is 13.1. The van der Waals surface area contributed by atoms with Gasteiger partial charge < -0.3 is 15.6 Å². The number of rotatable bonds is 1. The number of nitrogens with zero attached hydrogens (tertiary/aromatic N) is 6. The first-order chi connectivity index (χ1) is 21.7. The van der Waals surface area contributed by atoms with Gasteiger partial charge in [0.1, 0.15) is 29.0 Å². The Morgan fingerprint density at radius 1 is 1.07 bits per heavy atom. The molecular weight excluding hydrogens is 594 g/mol. The first-order valence-corrected chi connectivity index (χ1v) is 16.8. The highest BCUT2D eigenvalue weighted by Gasteiger charge is 2.34. The van der Waals surface area contributed by atoms with E-state index in [2.05, 4.69) is 19.8 Å². The fourth-order valence-electron chi connectivity index (χ4n) is 7.46. The van der Waals surface area contributed by atoms with Gasteiger partial charge in [-0.3, -0.25) is 9.88 Å². The lowest BCUT2D eigenvalue weighted by atomic mass is 9.93. The molecule has 8 nitrogen and oxygen atoms in total. The summed E-state index contributed by atoms with van der Waals surface area (Å²) in [6.45, 7) is 8.03. The van der Waals surface area contributed by atoms with Crippen molar-refractivity contribution in [3.05, 3.63) is 58.0 Å². The summed E-state index contributed by atoms with van der Waals surface area (Å²) < 4.78 is 28.9. The topological polar surface area (TPSA) is 100 Å². The molecule has 3 unspecified atom stereocenters. The number of hydrazine groups is 1. The quantitative estimate of drug-likeness (QED) is 0.310. The van der Waals surface area contributed by atoms with Crippen molar-refractivity contribution in [2.75, 3.05) is 37.6 Å². The number of hydrogen-bond acceptors (Lipinski definition) is 8. The molecule has 3 fully saturated rings. The lowest BCUT2D eigenvalue weighted by Gasteiger charge is -2.34. The summed E-state index contributed by atoms with van der Waals surface area (Å²) in [5, 5.41) is 2.87. The fourth-order valence-corrected chi connectivity index (χ4v) is 7.83. The van der Waals surface area contributed by atoms with Gasteiger partial charge in [-0.2, -0.15) is 0 Å². The maximum Gasteiger partial charge on any atom is 0.175 e. The summed E-state index contributed by atoms with van der Waals surface area (Å²) in [5.74, 6) is 7.54. The van der Waals surface area contributed by atoms with E-state index in [0.717, 1.165) is 74.4 Å². The highest BCUT2D eigenvalue weighted by atomic mass is 35.5. The third-order valence-corrected chi connectivity index (χ3v) is 9.94. The molecule has 5 aliphatic rings. The number of aryl methyl sites for hydroxylation is 2. The van der Waals surface area contributed by atoms with Crippen molar-refractivity contribution in [2.24, 2.45) is 17.5 Å². The summed E-state index contributed by atoms with van der Waals surface area (Å²) in [6.07, 6.45) is 11.2. The molecule has 45 heavy (non-hydrogen) atoms. The lowest BCUT2D eigenvalue weighted by molar-refractivity contribution is 0.292. The van der Waals surface area contributed by atoms with Gasteiger partial charge in [0.25, 0.3) is 0 Å². The SMILES string of the molecule is CCc1nc2c3cnc(c(F)c3n1)-c1cc(C)cc(Cl)c1CCCN(N)/C=C(\N)CC1CCCN2C1.FC1CC2CCCN2C1. The highest BCUT2D eigenvalue weighted by molar-refractivity contribution is 6.31. The van der Waals surface area contributed by atoms with E-state index in [0.29, 0.717) is 65.2 Å². The zero-order valence-electron chi connectivity index (χ0n) is 26.4. The van der Waals surface area contributed by atoms with Crippen LogP contribution in [0.15, 0.2) is 30.2 Å². The Kier molecular flexibility index (Phi) is 9.73. The van der Waals surface area contributed by atoms with Crippen molar-refractivity contribution >= 4 is 28.3 Å². The van der Waals surface area contributed by atoms with Crippen molar-refractivity contribution < 1.29 is 8.78 Å². The molecule has 0 aliphatic carbocycles. The van der Waals surface area contributed by atoms with Crippen molar-refractivity contribution in [2.45, 2.75) is 83.8 Å². The minimum Gasteiger partial charge on any atom is -0.401 e. The molecule has 0 spiro atoms. The van der Waals surface area contributed by atoms with Gasteiger partial charge in [-0.15, -0.1) is 0 Å². The summed E-state index contributed by atoms with van der Waals surface area (Å²) in [4.78, 5) is 18.6. The van der Waals surface area contributed by atoms with Gasteiger partial charge in [-0.05, 0) is 94.0 Å². The lowest BCUT2D eigenvalue weighted by Crippen LogP contribution is -2.37. The number of anilines is 1. The molecule has 0 saturated carbocycles. The standard InChI is InChI=1S/C27H33ClFN7.C7H12FN/c1-3-23-33-26-21-13-32-25(24(26)29)20-10-16(2)11-22(28)19(20)7-5-9-36(31)15-18(30)12-17-6-4-8-35(14-17)27(21)34-23;8-6-4-7-2-1-3-9(7)5-6/h10-11,13,15,17H,3-9,12,14,30-31H2,1-2H3;6-7H,1-5H2/b18-15-;. The Hall–Kier alpha value is -3.08. The van der Waals surface area contributed by atoms with E-state index in [9.17, 15) is 4.39 Å². The smallest absolute Gasteiger partial charge is 0.175 e. The van der Waals surface area contributed by atoms with Gasteiger partial charge in [0, 0.05) is 67.3 Å². The number of pyridine rings is 1. The van der Waals surface area contributed by atoms with Crippen molar-refractivity contribution in [3.8, 4) is 11.3 Å². The molecule has 5 aliphatic heterocycles. The largest absolute Gasteiger partial charge is 0.401 e. The van der Waals surface area contributed by atoms with Gasteiger partial charge in [-0.25, -0.2) is 24.6 Å². The van der Waals surface area contributed by atoms with E-state index in [1.165, 1.54) is 12.8 Å². The maximum absolute atomic E-state index is 16.2. The van der Waals surface area contributed by atoms with Gasteiger partial charge >= 0.3 is 0 Å². The van der Waals surface area contributed by atoms with Crippen LogP contribution in [0.4, 0.5) is 14.6 Å². The average Bonchev–Trinajstić information content (AvgIpc) is 3.59. The van der Waals surface area contributed by atoms with Crippen LogP contribution >= 0.6 is 11.6 Å². The molecular formula is C34H45ClF2N8. The Bertz CT molecular complexity index is 1550. The molecule has 11 heteroatoms. The third kappa shape index (κ3) is 7.03. The summed E-state index contributed by atoms with van der Waals surface area (Å²) in [7, 11) is 0. The number of fused-ring (bicyclic) bond motifs is 7. The molecule has 0 amide bonds. The number of piperidine rings is 1. The van der Waals surface area contributed by atoms with Crippen LogP contribution < -0.4 is 16.5 Å². The van der Waals surface area contributed by atoms with Crippen LogP contribution in [0.25, 0.3) is 22.2 Å². The number of allylic oxidation sites excluding steroid dienone is 1. The number of nitrogens with two attached hydrogens (primary N) is 2. The second kappa shape index (κ2) is 13.7. The average molecular weight is 639 g/mol. The zero-order valence-corrected chi connectivity index (χ0v) is 27.2. The van der Waals surface area contributed by atoms with E-state index in [-0.39, 0.29) is 5.69 Å². The third-order valence-electron chi connectivity index (χ3n) is 9.60. The van der Waals surface area contributed by atoms with E-state index >= 15 is 4.39 Å². The molecule has 2 aromatic heterocycles. The van der Waals surface area contributed by atoms with E-state index < -0.39 is 12.0 Å². The van der Waals surface area contributed by atoms with E-state index in [1.54, 1.807) is 11.2 Å². The van der Waals surface area contributed by atoms with Crippen molar-refractivity contribution in [1.82, 2.24) is 24.9 Å². The summed E-state index contributed by atoms with van der Waals surface area (Å²) in [5.41, 5.74) is 10.2. The van der Waals surface area contributed by atoms with Crippen LogP contribution in [-0.2, 0) is 12.8 Å². The van der Waals surface area contributed by atoms with Gasteiger partial charge in [-0.1, -0.05) is 18.5 Å². The first kappa shape index (κ1) is 31.9. The number of hydrogen-bond donors (Lipinski definition) is 2. The molecule has 3 atom stereocenters. The van der Waals surface area contributed by atoms with Gasteiger partial charge in [0.15, 0.2) is 5.82 Å². The van der Waals surface area contributed by atoms with Crippen LogP contribution in [0.2, 0.25) is 5.02 Å². The Morgan fingerprint density at radius 3 is 2.69 bits per heavy atom. The molecule has 7 heterocycles. The van der Waals surface area contributed by atoms with E-state index in [4.69, 9.17) is 28.2 Å². The zero-order chi connectivity index (χ0) is 31.7. The maximum atomic E-state index is 16.2. The Labute approximate surface area is 269 Å². The van der Waals surface area contributed by atoms with E-state index in [1.807, 2.05) is 32.2 Å². The summed E-state index contributed by atoms with van der Waals surface area (Å²) >= 11 is 6.68. The molecule has 6 bridgehead atoms. The minimum absolute atomic E-state index is 0.268. The van der Waals surface area contributed by atoms with Gasteiger partial charge in [0.05, 0.1) is 5.39 Å². The molecule has 3 saturated heterocycles. The molecule has 4 N–H and O–H groups in total. The van der Waals surface area contributed by atoms with Crippen molar-refractivity contribution in [3.63, 3.8) is 0 Å². The predicted octanol–water partition coefficient (Wildman–Crippen LogP) is 6.08. The monoisotopic (exact) mass is 638 g/mol. The van der Waals surface area contributed by atoms with Gasteiger partial charge in [0.2, 0.25) is 0 Å². The van der Waals surface area contributed by atoms with Crippen LogP contribution in [0, 0.1) is 18.7 Å². The predicted molar refractivity (Wildman–Crippen MR) is 177 cm³/mol. The van der Waals surface area contributed by atoms with Crippen LogP contribution in [0.1, 0.15) is 68.8 Å². The second-order valence-corrected chi connectivity index (χ2v) is 13.5. The fraction of sp³-hybridized carbons (Fsp3) is 0.559. The number of alkyl halides is 1. The molecule has 242 valence electrons. The van der Waals surface area contributed by atoms with Crippen molar-refractivity contribution in [1.29, 1.82) is 0 Å². The molecule has 0 radical (unpaired) electrons. The Morgan fingerprint density at radius 2 is 1.89 bits per heavy atom. The number of benzene rings is 1. The molecule has 3 aromatic rings. The Balaban J connectivity index is 0.000000337. The first-order valence-electron chi connectivity index (χ1n) is 16.4. The molecule has 1 aromatic carbocycles. The highest BCUT2D eigenvalue weighted by Crippen LogP contribution is 2.37. The molecule has 8 rings (SSSR count). The number of aromatic nitrogens is 3. The summed E-state index contributed by atoms with van der Waals surface area (Å²) in [6, 6.07) is 4.46. The number of halogens is 3. The van der Waals surface area contributed by atoms with Crippen LogP contribution in [0.3, 0.4) is 0 Å². The normalized spacial score (nSPS) is 25.0. The minimum atomic E-state index is -0.518. The van der Waals surface area contributed by atoms with Crippen LogP contribution in [0.5, 0.6) is 0 Å². The van der Waals surface area contributed by atoms with Crippen LogP contribution in [-0.4, -0.2) is 69.8 Å².